The van der Waals surface area contributed by atoms with Crippen molar-refractivity contribution in [2.24, 2.45) is 5.41 Å². The molecule has 0 aromatic carbocycles. The molecule has 1 heterocycles. The standard InChI is InChI=1S/C10H22S2Si/c1-9(2,3)10(13(4)5)11-7-6-8-12-10/h13H,6-8H2,1-5H3. The maximum atomic E-state index is 2.51. The van der Waals surface area contributed by atoms with E-state index < -0.39 is 8.80 Å². The molecule has 0 nitrogen and oxygen atoms in total. The van der Waals surface area contributed by atoms with Crippen molar-refractivity contribution in [1.82, 2.24) is 0 Å². The van der Waals surface area contributed by atoms with Gasteiger partial charge in [-0.05, 0) is 23.3 Å². The van der Waals surface area contributed by atoms with Crippen molar-refractivity contribution in [3.63, 3.8) is 0 Å². The van der Waals surface area contributed by atoms with E-state index >= 15 is 0 Å². The first-order valence-corrected chi connectivity index (χ1v) is 10.0. The highest BCUT2D eigenvalue weighted by molar-refractivity contribution is 8.21. The molecule has 0 atom stereocenters. The van der Waals surface area contributed by atoms with Gasteiger partial charge in [0.1, 0.15) is 0 Å². The van der Waals surface area contributed by atoms with Crippen molar-refractivity contribution in [3.05, 3.63) is 0 Å². The average molecular weight is 235 g/mol. The zero-order valence-corrected chi connectivity index (χ0v) is 12.3. The third kappa shape index (κ3) is 2.29. The summed E-state index contributed by atoms with van der Waals surface area (Å²) in [5, 5.41) is 0. The number of rotatable bonds is 1. The van der Waals surface area contributed by atoms with Gasteiger partial charge in [0.15, 0.2) is 0 Å². The Labute approximate surface area is 93.2 Å². The van der Waals surface area contributed by atoms with E-state index in [4.69, 9.17) is 0 Å². The van der Waals surface area contributed by atoms with Crippen LogP contribution in [0.2, 0.25) is 13.1 Å². The third-order valence-electron chi connectivity index (χ3n) is 2.73. The molecule has 0 aromatic heterocycles. The van der Waals surface area contributed by atoms with Crippen LogP contribution < -0.4 is 0 Å². The summed E-state index contributed by atoms with van der Waals surface area (Å²) in [4.78, 5) is 0. The van der Waals surface area contributed by atoms with Crippen LogP contribution in [-0.2, 0) is 0 Å². The number of thioether (sulfide) groups is 2. The molecule has 13 heavy (non-hydrogen) atoms. The predicted octanol–water partition coefficient (Wildman–Crippen LogP) is 3.62. The van der Waals surface area contributed by atoms with Gasteiger partial charge in [0.2, 0.25) is 0 Å². The molecular weight excluding hydrogens is 212 g/mol. The highest BCUT2D eigenvalue weighted by Gasteiger charge is 2.46. The lowest BCUT2D eigenvalue weighted by molar-refractivity contribution is 0.426. The third-order valence-corrected chi connectivity index (χ3v) is 12.7. The molecule has 0 bridgehead atoms. The Morgan fingerprint density at radius 2 is 1.54 bits per heavy atom. The summed E-state index contributed by atoms with van der Waals surface area (Å²) in [6.45, 7) is 12.3. The van der Waals surface area contributed by atoms with Gasteiger partial charge in [-0.2, -0.15) is 0 Å². The van der Waals surface area contributed by atoms with Gasteiger partial charge in [0.25, 0.3) is 0 Å². The maximum Gasteiger partial charge on any atom is 0.0629 e. The van der Waals surface area contributed by atoms with Crippen molar-refractivity contribution in [3.8, 4) is 0 Å². The fourth-order valence-corrected chi connectivity index (χ4v) is 10.4. The zero-order chi connectivity index (χ0) is 10.1. The van der Waals surface area contributed by atoms with Crippen LogP contribution in [0.3, 0.4) is 0 Å². The molecule has 0 radical (unpaired) electrons. The molecule has 1 aliphatic heterocycles. The summed E-state index contributed by atoms with van der Waals surface area (Å²) in [5.74, 6) is 2.77. The first-order valence-electron chi connectivity index (χ1n) is 5.18. The Morgan fingerprint density at radius 1 is 1.08 bits per heavy atom. The lowest BCUT2D eigenvalue weighted by Gasteiger charge is -2.49. The first kappa shape index (κ1) is 12.0. The summed E-state index contributed by atoms with van der Waals surface area (Å²) in [7, 11) is -0.587. The normalized spacial score (nSPS) is 23.5. The average Bonchev–Trinajstić information content (AvgIpc) is 2.03. The van der Waals surface area contributed by atoms with Crippen LogP contribution in [0, 0.1) is 5.41 Å². The molecule has 78 valence electrons. The lowest BCUT2D eigenvalue weighted by atomic mass is 9.99. The highest BCUT2D eigenvalue weighted by Crippen LogP contribution is 2.54. The van der Waals surface area contributed by atoms with Crippen molar-refractivity contribution < 1.29 is 0 Å². The van der Waals surface area contributed by atoms with Crippen molar-refractivity contribution in [2.75, 3.05) is 11.5 Å². The highest BCUT2D eigenvalue weighted by atomic mass is 32.2. The van der Waals surface area contributed by atoms with Gasteiger partial charge in [0, 0.05) is 0 Å². The Morgan fingerprint density at radius 3 is 1.77 bits per heavy atom. The van der Waals surface area contributed by atoms with E-state index in [0.717, 1.165) is 0 Å². The van der Waals surface area contributed by atoms with Gasteiger partial charge in [-0.1, -0.05) is 33.9 Å². The minimum atomic E-state index is -0.587. The van der Waals surface area contributed by atoms with Crippen molar-refractivity contribution in [1.29, 1.82) is 0 Å². The molecule has 1 aliphatic rings. The van der Waals surface area contributed by atoms with Gasteiger partial charge in [-0.3, -0.25) is 0 Å². The fraction of sp³-hybridized carbons (Fsp3) is 1.00. The van der Waals surface area contributed by atoms with Crippen LogP contribution in [0.5, 0.6) is 0 Å². The van der Waals surface area contributed by atoms with Gasteiger partial charge in [-0.25, -0.2) is 0 Å². The Bertz CT molecular complexity index is 166. The van der Waals surface area contributed by atoms with Gasteiger partial charge >= 0.3 is 0 Å². The summed E-state index contributed by atoms with van der Waals surface area (Å²) < 4.78 is 0.589. The maximum absolute atomic E-state index is 2.51. The van der Waals surface area contributed by atoms with Gasteiger partial charge < -0.3 is 0 Å². The summed E-state index contributed by atoms with van der Waals surface area (Å²) >= 11 is 4.50. The number of hydrogen-bond donors (Lipinski definition) is 0. The van der Waals surface area contributed by atoms with Crippen LogP contribution >= 0.6 is 23.5 Å². The molecule has 0 aromatic rings. The molecular formula is C10H22S2Si. The SMILES string of the molecule is C[SiH](C)C1(C(C)(C)C)SCCCS1. The van der Waals surface area contributed by atoms with Gasteiger partial charge in [0.05, 0.1) is 12.5 Å². The van der Waals surface area contributed by atoms with E-state index in [2.05, 4.69) is 57.4 Å². The molecule has 0 unspecified atom stereocenters. The summed E-state index contributed by atoms with van der Waals surface area (Å²) in [6, 6.07) is 0. The predicted molar refractivity (Wildman–Crippen MR) is 70.6 cm³/mol. The Balaban J connectivity index is 2.86. The largest absolute Gasteiger partial charge is 0.147 e. The number of hydrogen-bond acceptors (Lipinski definition) is 2. The molecule has 3 heteroatoms. The molecule has 0 amide bonds. The monoisotopic (exact) mass is 234 g/mol. The van der Waals surface area contributed by atoms with Crippen LogP contribution in [0.1, 0.15) is 27.2 Å². The van der Waals surface area contributed by atoms with Crippen molar-refractivity contribution >= 4 is 32.3 Å². The molecule has 1 saturated heterocycles. The van der Waals surface area contributed by atoms with Crippen LogP contribution in [0.15, 0.2) is 0 Å². The zero-order valence-electron chi connectivity index (χ0n) is 9.52. The molecule has 0 N–H and O–H groups in total. The van der Waals surface area contributed by atoms with E-state index in [0.29, 0.717) is 9.12 Å². The van der Waals surface area contributed by atoms with E-state index in [1.165, 1.54) is 17.9 Å². The van der Waals surface area contributed by atoms with Gasteiger partial charge in [-0.15, -0.1) is 23.5 Å². The minimum Gasteiger partial charge on any atom is -0.147 e. The smallest absolute Gasteiger partial charge is 0.0629 e. The molecule has 0 spiro atoms. The second kappa shape index (κ2) is 4.19. The van der Waals surface area contributed by atoms with E-state index in [9.17, 15) is 0 Å². The lowest BCUT2D eigenvalue weighted by Crippen LogP contribution is -2.49. The second-order valence-electron chi connectivity index (χ2n) is 5.12. The molecule has 0 saturated carbocycles. The van der Waals surface area contributed by atoms with Crippen LogP contribution in [-0.4, -0.2) is 24.0 Å². The summed E-state index contributed by atoms with van der Waals surface area (Å²) in [6.07, 6.45) is 1.41. The first-order chi connectivity index (χ1) is 5.90. The van der Waals surface area contributed by atoms with Crippen molar-refractivity contribution in [2.45, 2.75) is 44.0 Å². The molecule has 0 aliphatic carbocycles. The van der Waals surface area contributed by atoms with E-state index in [1.807, 2.05) is 0 Å². The molecule has 1 rings (SSSR count). The Kier molecular flexibility index (Phi) is 3.87. The fourth-order valence-electron chi connectivity index (χ4n) is 2.18. The van der Waals surface area contributed by atoms with E-state index in [-0.39, 0.29) is 0 Å². The molecule has 1 fully saturated rings. The Hall–Kier alpha value is 0.917. The van der Waals surface area contributed by atoms with Crippen LogP contribution in [0.4, 0.5) is 0 Å². The quantitative estimate of drug-likeness (QED) is 0.636. The van der Waals surface area contributed by atoms with Crippen LogP contribution in [0.25, 0.3) is 0 Å². The second-order valence-corrected chi connectivity index (χ2v) is 12.1. The topological polar surface area (TPSA) is 0 Å². The minimum absolute atomic E-state index is 0.475. The van der Waals surface area contributed by atoms with E-state index in [1.54, 1.807) is 0 Å². The summed E-state index contributed by atoms with van der Waals surface area (Å²) in [5.41, 5.74) is 0.475.